The van der Waals surface area contributed by atoms with Crippen molar-refractivity contribution < 1.29 is 22.7 Å². The highest BCUT2D eigenvalue weighted by molar-refractivity contribution is 7.89. The van der Waals surface area contributed by atoms with Gasteiger partial charge in [-0.25, -0.2) is 8.42 Å². The molecule has 8 nitrogen and oxygen atoms in total. The molecule has 3 aromatic rings. The summed E-state index contributed by atoms with van der Waals surface area (Å²) in [6.07, 6.45) is 2.19. The minimum absolute atomic E-state index is 0.0748. The van der Waals surface area contributed by atoms with Gasteiger partial charge in [0, 0.05) is 32.2 Å². The van der Waals surface area contributed by atoms with Gasteiger partial charge >= 0.3 is 0 Å². The molecule has 0 saturated carbocycles. The fourth-order valence-electron chi connectivity index (χ4n) is 5.17. The number of methoxy groups -OCH3 is 1. The molecule has 1 saturated heterocycles. The zero-order valence-electron chi connectivity index (χ0n) is 23.8. The van der Waals surface area contributed by atoms with Crippen LogP contribution in [0.25, 0.3) is 0 Å². The number of nitrogens with zero attached hydrogens (tertiary/aromatic N) is 3. The Kier molecular flexibility index (Phi) is 10.5. The van der Waals surface area contributed by atoms with E-state index < -0.39 is 10.0 Å². The lowest BCUT2D eigenvalue weighted by molar-refractivity contribution is -0.137. The van der Waals surface area contributed by atoms with E-state index in [0.717, 1.165) is 16.9 Å². The van der Waals surface area contributed by atoms with Crippen LogP contribution in [-0.4, -0.2) is 73.7 Å². The molecule has 0 N–H and O–H groups in total. The van der Waals surface area contributed by atoms with Gasteiger partial charge in [-0.15, -0.1) is 0 Å². The largest absolute Gasteiger partial charge is 0.497 e. The smallest absolute Gasteiger partial charge is 0.243 e. The molecular formula is C32H39N3O5S. The molecule has 1 aliphatic rings. The molecule has 0 atom stereocenters. The van der Waals surface area contributed by atoms with Gasteiger partial charge in [0.2, 0.25) is 21.8 Å². The number of sulfonamides is 1. The Labute approximate surface area is 243 Å². The lowest BCUT2D eigenvalue weighted by atomic mass is 10.0. The summed E-state index contributed by atoms with van der Waals surface area (Å²) in [6, 6.07) is 25.4. The molecule has 0 radical (unpaired) electrons. The summed E-state index contributed by atoms with van der Waals surface area (Å²) in [4.78, 5) is 30.7. The molecule has 41 heavy (non-hydrogen) atoms. The van der Waals surface area contributed by atoms with Gasteiger partial charge < -0.3 is 14.5 Å². The fraction of sp³-hybridized carbons (Fsp3) is 0.375. The highest BCUT2D eigenvalue weighted by atomic mass is 32.2. The molecule has 4 rings (SSSR count). The molecule has 3 aromatic carbocycles. The van der Waals surface area contributed by atoms with Gasteiger partial charge in [0.15, 0.2) is 0 Å². The van der Waals surface area contributed by atoms with Crippen LogP contribution in [0, 0.1) is 0 Å². The van der Waals surface area contributed by atoms with Crippen molar-refractivity contribution in [1.82, 2.24) is 14.1 Å². The third-order valence-corrected chi connectivity index (χ3v) is 9.31. The van der Waals surface area contributed by atoms with Gasteiger partial charge in [0.25, 0.3) is 0 Å². The number of hydrogen-bond donors (Lipinski definition) is 0. The number of amides is 2. The van der Waals surface area contributed by atoms with Crippen LogP contribution in [-0.2, 0) is 32.6 Å². The predicted molar refractivity (Wildman–Crippen MR) is 159 cm³/mol. The topological polar surface area (TPSA) is 87.2 Å². The van der Waals surface area contributed by atoms with Crippen molar-refractivity contribution in [3.63, 3.8) is 0 Å². The summed E-state index contributed by atoms with van der Waals surface area (Å²) in [7, 11) is -2.23. The van der Waals surface area contributed by atoms with E-state index in [1.807, 2.05) is 66.4 Å². The molecule has 0 aromatic heterocycles. The van der Waals surface area contributed by atoms with Crippen molar-refractivity contribution >= 4 is 21.8 Å². The lowest BCUT2D eigenvalue weighted by Gasteiger charge is -2.39. The quantitative estimate of drug-likeness (QED) is 0.319. The normalized spacial score (nSPS) is 14.2. The first-order valence-corrected chi connectivity index (χ1v) is 15.5. The van der Waals surface area contributed by atoms with Crippen LogP contribution in [0.5, 0.6) is 5.75 Å². The summed E-state index contributed by atoms with van der Waals surface area (Å²) < 4.78 is 33.5. The molecule has 0 unspecified atom stereocenters. The Hall–Kier alpha value is -3.69. The molecule has 1 aliphatic heterocycles. The maximum absolute atomic E-state index is 13.9. The van der Waals surface area contributed by atoms with E-state index in [1.54, 1.807) is 42.3 Å². The Morgan fingerprint density at radius 1 is 0.878 bits per heavy atom. The van der Waals surface area contributed by atoms with Gasteiger partial charge in [-0.1, -0.05) is 67.6 Å². The van der Waals surface area contributed by atoms with E-state index in [2.05, 4.69) is 0 Å². The van der Waals surface area contributed by atoms with E-state index >= 15 is 0 Å². The minimum atomic E-state index is -3.84. The second-order valence-corrected chi connectivity index (χ2v) is 12.2. The van der Waals surface area contributed by atoms with E-state index in [1.165, 1.54) is 4.31 Å². The van der Waals surface area contributed by atoms with Gasteiger partial charge in [0.05, 0.1) is 25.0 Å². The van der Waals surface area contributed by atoms with E-state index in [9.17, 15) is 18.0 Å². The van der Waals surface area contributed by atoms with Crippen molar-refractivity contribution in [2.24, 2.45) is 0 Å². The fourth-order valence-corrected chi connectivity index (χ4v) is 6.68. The van der Waals surface area contributed by atoms with Crippen LogP contribution in [0.3, 0.4) is 0 Å². The Morgan fingerprint density at radius 2 is 1.49 bits per heavy atom. The average molecular weight is 578 g/mol. The predicted octanol–water partition coefficient (Wildman–Crippen LogP) is 4.36. The number of rotatable bonds is 12. The molecule has 1 fully saturated rings. The molecule has 9 heteroatoms. The van der Waals surface area contributed by atoms with Crippen LogP contribution in [0.15, 0.2) is 89.8 Å². The molecule has 0 aliphatic carbocycles. The minimum Gasteiger partial charge on any atom is -0.497 e. The Morgan fingerprint density at radius 3 is 2.07 bits per heavy atom. The average Bonchev–Trinajstić information content (AvgIpc) is 3.01. The summed E-state index contributed by atoms with van der Waals surface area (Å²) in [5, 5.41) is 0. The molecule has 0 bridgehead atoms. The van der Waals surface area contributed by atoms with Crippen LogP contribution >= 0.6 is 0 Å². The number of likely N-dealkylation sites (tertiary alicyclic amines) is 1. The van der Waals surface area contributed by atoms with Crippen molar-refractivity contribution in [2.45, 2.75) is 50.1 Å². The van der Waals surface area contributed by atoms with Gasteiger partial charge in [-0.3, -0.25) is 9.59 Å². The summed E-state index contributed by atoms with van der Waals surface area (Å²) in [6.45, 7) is 3.33. The Balaban J connectivity index is 1.50. The highest BCUT2D eigenvalue weighted by Crippen LogP contribution is 2.23. The highest BCUT2D eigenvalue weighted by Gasteiger charge is 2.33. The number of carbonyl (C=O) groups excluding carboxylic acids is 2. The van der Waals surface area contributed by atoms with E-state index in [4.69, 9.17) is 4.74 Å². The van der Waals surface area contributed by atoms with Crippen LogP contribution in [0.1, 0.15) is 37.3 Å². The van der Waals surface area contributed by atoms with Gasteiger partial charge in [0.1, 0.15) is 5.75 Å². The van der Waals surface area contributed by atoms with Crippen molar-refractivity contribution in [3.05, 3.63) is 96.1 Å². The third kappa shape index (κ3) is 7.95. The second-order valence-electron chi connectivity index (χ2n) is 10.3. The van der Waals surface area contributed by atoms with Crippen molar-refractivity contribution in [2.75, 3.05) is 33.3 Å². The second kappa shape index (κ2) is 14.3. The van der Waals surface area contributed by atoms with Crippen LogP contribution in [0.4, 0.5) is 0 Å². The first kappa shape index (κ1) is 30.3. The molecule has 1 heterocycles. The number of benzene rings is 3. The Bertz CT molecular complexity index is 1370. The zero-order valence-corrected chi connectivity index (χ0v) is 24.6. The lowest BCUT2D eigenvalue weighted by Crippen LogP contribution is -2.51. The SMILES string of the molecule is CCCN(CC(=O)N(Cc1ccc(OC)cc1)C1CCN(C(=O)Cc2ccccc2)CC1)S(=O)(=O)c1ccccc1. The zero-order chi connectivity index (χ0) is 29.2. The van der Waals surface area contributed by atoms with E-state index in [0.29, 0.717) is 45.3 Å². The molecule has 218 valence electrons. The van der Waals surface area contributed by atoms with Crippen LogP contribution in [0.2, 0.25) is 0 Å². The third-order valence-electron chi connectivity index (χ3n) is 7.45. The van der Waals surface area contributed by atoms with Crippen LogP contribution < -0.4 is 4.74 Å². The number of carbonyl (C=O) groups is 2. The maximum Gasteiger partial charge on any atom is 0.243 e. The molecule has 2 amide bonds. The van der Waals surface area contributed by atoms with Crippen molar-refractivity contribution in [1.29, 1.82) is 0 Å². The molecule has 0 spiro atoms. The number of ether oxygens (including phenoxy) is 1. The van der Waals surface area contributed by atoms with Gasteiger partial charge in [-0.05, 0) is 54.7 Å². The maximum atomic E-state index is 13.9. The number of hydrogen-bond acceptors (Lipinski definition) is 5. The van der Waals surface area contributed by atoms with Crippen molar-refractivity contribution in [3.8, 4) is 5.75 Å². The van der Waals surface area contributed by atoms with E-state index in [-0.39, 0.29) is 35.8 Å². The first-order chi connectivity index (χ1) is 19.8. The first-order valence-electron chi connectivity index (χ1n) is 14.1. The molecular weight excluding hydrogens is 538 g/mol. The number of piperidine rings is 1. The summed E-state index contributed by atoms with van der Waals surface area (Å²) >= 11 is 0. The van der Waals surface area contributed by atoms with Gasteiger partial charge in [-0.2, -0.15) is 4.31 Å². The monoisotopic (exact) mass is 577 g/mol. The summed E-state index contributed by atoms with van der Waals surface area (Å²) in [5.41, 5.74) is 1.90. The summed E-state index contributed by atoms with van der Waals surface area (Å²) in [5.74, 6) is 0.550. The standard InChI is InChI=1S/C32H39N3O5S/c1-3-20-34(41(38,39)30-12-8-5-9-13-30)25-32(37)35(24-27-14-16-29(40-2)17-15-27)28-18-21-33(22-19-28)31(36)23-26-10-6-4-7-11-26/h4-17,28H,3,18-25H2,1-2H3.